The predicted octanol–water partition coefficient (Wildman–Crippen LogP) is 1.58. The Morgan fingerprint density at radius 2 is 2.35 bits per heavy atom. The molecule has 4 nitrogen and oxygen atoms in total. The van der Waals surface area contributed by atoms with Crippen LogP contribution in [-0.2, 0) is 6.54 Å². The summed E-state index contributed by atoms with van der Waals surface area (Å²) < 4.78 is 0. The second-order valence-electron chi connectivity index (χ2n) is 3.64. The maximum Gasteiger partial charge on any atom is 0.0710 e. The minimum atomic E-state index is 0.736. The molecule has 0 atom stereocenters. The lowest BCUT2D eigenvalue weighted by molar-refractivity contribution is 0.702. The summed E-state index contributed by atoms with van der Waals surface area (Å²) in [5.41, 5.74) is 3.17. The summed E-state index contributed by atoms with van der Waals surface area (Å²) >= 11 is 0. The maximum absolute atomic E-state index is 5.19. The summed E-state index contributed by atoms with van der Waals surface area (Å²) in [7, 11) is 0. The molecule has 4 heteroatoms. The normalized spacial score (nSPS) is 10.1. The minimum absolute atomic E-state index is 0.736. The SMILES string of the molecule is C#CCCNCc1cn[nH]c1-c1cccnc1. The van der Waals surface area contributed by atoms with Crippen molar-refractivity contribution in [3.63, 3.8) is 0 Å². The lowest BCUT2D eigenvalue weighted by atomic mass is 10.1. The van der Waals surface area contributed by atoms with Gasteiger partial charge in [-0.3, -0.25) is 10.1 Å². The van der Waals surface area contributed by atoms with Crippen molar-refractivity contribution in [3.05, 3.63) is 36.3 Å². The van der Waals surface area contributed by atoms with Gasteiger partial charge >= 0.3 is 0 Å². The maximum atomic E-state index is 5.19. The van der Waals surface area contributed by atoms with Gasteiger partial charge in [0.1, 0.15) is 0 Å². The van der Waals surface area contributed by atoms with Crippen molar-refractivity contribution < 1.29 is 0 Å². The average molecular weight is 226 g/mol. The summed E-state index contributed by atoms with van der Waals surface area (Å²) in [6.45, 7) is 1.57. The zero-order valence-corrected chi connectivity index (χ0v) is 9.48. The molecule has 0 radical (unpaired) electrons. The molecule has 0 aromatic carbocycles. The van der Waals surface area contributed by atoms with Gasteiger partial charge in [0.2, 0.25) is 0 Å². The second kappa shape index (κ2) is 5.83. The van der Waals surface area contributed by atoms with E-state index >= 15 is 0 Å². The number of hydrogen-bond donors (Lipinski definition) is 2. The third-order valence-corrected chi connectivity index (χ3v) is 2.43. The van der Waals surface area contributed by atoms with E-state index in [0.29, 0.717) is 0 Å². The molecule has 0 aliphatic heterocycles. The predicted molar refractivity (Wildman–Crippen MR) is 67.0 cm³/mol. The molecule has 0 bridgehead atoms. The van der Waals surface area contributed by atoms with E-state index in [1.54, 1.807) is 6.20 Å². The Balaban J connectivity index is 2.05. The molecule has 0 fully saturated rings. The first-order chi connectivity index (χ1) is 8.42. The summed E-state index contributed by atoms with van der Waals surface area (Å²) in [6, 6.07) is 3.91. The summed E-state index contributed by atoms with van der Waals surface area (Å²) in [4.78, 5) is 4.10. The zero-order valence-electron chi connectivity index (χ0n) is 9.48. The Bertz CT molecular complexity index is 496. The van der Waals surface area contributed by atoms with Crippen molar-refractivity contribution in [2.75, 3.05) is 6.54 Å². The second-order valence-corrected chi connectivity index (χ2v) is 3.64. The van der Waals surface area contributed by atoms with Gasteiger partial charge in [0.15, 0.2) is 0 Å². The molecule has 2 rings (SSSR count). The fraction of sp³-hybridized carbons (Fsp3) is 0.231. The number of nitrogens with zero attached hydrogens (tertiary/aromatic N) is 2. The molecular weight excluding hydrogens is 212 g/mol. The number of H-pyrrole nitrogens is 1. The fourth-order valence-electron chi connectivity index (χ4n) is 1.59. The van der Waals surface area contributed by atoms with Crippen LogP contribution in [0, 0.1) is 12.3 Å². The highest BCUT2D eigenvalue weighted by Crippen LogP contribution is 2.19. The Morgan fingerprint density at radius 1 is 1.41 bits per heavy atom. The molecule has 0 aliphatic carbocycles. The van der Waals surface area contributed by atoms with Crippen LogP contribution in [0.1, 0.15) is 12.0 Å². The molecule has 2 aromatic heterocycles. The van der Waals surface area contributed by atoms with Crippen molar-refractivity contribution in [2.45, 2.75) is 13.0 Å². The lowest BCUT2D eigenvalue weighted by Crippen LogP contribution is -2.14. The molecular formula is C13H14N4. The average Bonchev–Trinajstić information content (AvgIpc) is 2.84. The summed E-state index contributed by atoms with van der Waals surface area (Å²) in [6.07, 6.45) is 11.3. The molecule has 2 aromatic rings. The highest BCUT2D eigenvalue weighted by atomic mass is 15.1. The molecule has 2 N–H and O–H groups in total. The third-order valence-electron chi connectivity index (χ3n) is 2.43. The molecule has 17 heavy (non-hydrogen) atoms. The highest BCUT2D eigenvalue weighted by Gasteiger charge is 2.06. The molecule has 0 spiro atoms. The van der Waals surface area contributed by atoms with Crippen LogP contribution in [0.3, 0.4) is 0 Å². The number of nitrogens with one attached hydrogen (secondary N) is 2. The van der Waals surface area contributed by atoms with E-state index < -0.39 is 0 Å². The molecule has 2 heterocycles. The first kappa shape index (κ1) is 11.4. The third kappa shape index (κ3) is 2.92. The minimum Gasteiger partial charge on any atom is -0.312 e. The van der Waals surface area contributed by atoms with Crippen LogP contribution in [0.2, 0.25) is 0 Å². The van der Waals surface area contributed by atoms with Gasteiger partial charge in [-0.2, -0.15) is 5.10 Å². The molecule has 0 amide bonds. The van der Waals surface area contributed by atoms with Crippen molar-refractivity contribution in [2.24, 2.45) is 0 Å². The molecule has 86 valence electrons. The number of pyridine rings is 1. The molecule has 0 unspecified atom stereocenters. The van der Waals surface area contributed by atoms with Gasteiger partial charge in [-0.25, -0.2) is 0 Å². The van der Waals surface area contributed by atoms with Crippen LogP contribution >= 0.6 is 0 Å². The van der Waals surface area contributed by atoms with Crippen LogP contribution in [0.4, 0.5) is 0 Å². The number of terminal acetylenes is 1. The zero-order chi connectivity index (χ0) is 11.9. The van der Waals surface area contributed by atoms with Crippen molar-refractivity contribution in [1.82, 2.24) is 20.5 Å². The molecule has 0 saturated carbocycles. The largest absolute Gasteiger partial charge is 0.312 e. The van der Waals surface area contributed by atoms with Crippen LogP contribution in [0.25, 0.3) is 11.3 Å². The number of rotatable bonds is 5. The van der Waals surface area contributed by atoms with E-state index in [1.807, 2.05) is 24.5 Å². The van der Waals surface area contributed by atoms with E-state index in [2.05, 4.69) is 26.4 Å². The number of hydrogen-bond acceptors (Lipinski definition) is 3. The van der Waals surface area contributed by atoms with E-state index in [1.165, 1.54) is 0 Å². The Morgan fingerprint density at radius 3 is 3.12 bits per heavy atom. The number of aromatic amines is 1. The van der Waals surface area contributed by atoms with Crippen LogP contribution in [0.5, 0.6) is 0 Å². The first-order valence-corrected chi connectivity index (χ1v) is 5.48. The highest BCUT2D eigenvalue weighted by molar-refractivity contribution is 5.61. The van der Waals surface area contributed by atoms with Gasteiger partial charge in [0.25, 0.3) is 0 Å². The Kier molecular flexibility index (Phi) is 3.90. The first-order valence-electron chi connectivity index (χ1n) is 5.48. The van der Waals surface area contributed by atoms with E-state index in [4.69, 9.17) is 6.42 Å². The van der Waals surface area contributed by atoms with Crippen LogP contribution < -0.4 is 5.32 Å². The van der Waals surface area contributed by atoms with Crippen LogP contribution in [-0.4, -0.2) is 21.7 Å². The van der Waals surface area contributed by atoms with Gasteiger partial charge in [-0.1, -0.05) is 0 Å². The summed E-state index contributed by atoms with van der Waals surface area (Å²) in [5, 5.41) is 10.3. The monoisotopic (exact) mass is 226 g/mol. The quantitative estimate of drug-likeness (QED) is 0.601. The fourth-order valence-corrected chi connectivity index (χ4v) is 1.59. The van der Waals surface area contributed by atoms with Gasteiger partial charge in [0, 0.05) is 43.0 Å². The summed E-state index contributed by atoms with van der Waals surface area (Å²) in [5.74, 6) is 2.60. The Labute approximate surface area is 100 Å². The van der Waals surface area contributed by atoms with Gasteiger partial charge < -0.3 is 5.32 Å². The van der Waals surface area contributed by atoms with Gasteiger partial charge in [-0.15, -0.1) is 12.3 Å². The van der Waals surface area contributed by atoms with Crippen molar-refractivity contribution in [1.29, 1.82) is 0 Å². The van der Waals surface area contributed by atoms with Gasteiger partial charge in [0.05, 0.1) is 11.9 Å². The van der Waals surface area contributed by atoms with Crippen molar-refractivity contribution in [3.8, 4) is 23.6 Å². The smallest absolute Gasteiger partial charge is 0.0710 e. The van der Waals surface area contributed by atoms with Crippen LogP contribution in [0.15, 0.2) is 30.7 Å². The van der Waals surface area contributed by atoms with Gasteiger partial charge in [-0.05, 0) is 12.1 Å². The Hall–Kier alpha value is -2.12. The lowest BCUT2D eigenvalue weighted by Gasteiger charge is -2.03. The molecule has 0 aliphatic rings. The number of aromatic nitrogens is 3. The topological polar surface area (TPSA) is 53.6 Å². The van der Waals surface area contributed by atoms with E-state index in [-0.39, 0.29) is 0 Å². The standard InChI is InChI=1S/C13H14N4/c1-2-3-6-14-9-12-10-16-17-13(12)11-5-4-7-15-8-11/h1,4-5,7-8,10,14H,3,6,9H2,(H,16,17). The van der Waals surface area contributed by atoms with Crippen molar-refractivity contribution >= 4 is 0 Å². The van der Waals surface area contributed by atoms with E-state index in [9.17, 15) is 0 Å². The van der Waals surface area contributed by atoms with E-state index in [0.717, 1.165) is 36.3 Å². The molecule has 0 saturated heterocycles.